The third-order valence-electron chi connectivity index (χ3n) is 5.00. The average molecular weight is 386 g/mol. The maximum absolute atomic E-state index is 13.1. The van der Waals surface area contributed by atoms with Gasteiger partial charge in [0.1, 0.15) is 0 Å². The van der Waals surface area contributed by atoms with E-state index in [9.17, 15) is 4.79 Å². The monoisotopic (exact) mass is 385 g/mol. The molecule has 2 aliphatic heterocycles. The van der Waals surface area contributed by atoms with Crippen molar-refractivity contribution in [1.82, 2.24) is 24.9 Å². The zero-order valence-corrected chi connectivity index (χ0v) is 17.0. The Bertz CT molecular complexity index is 597. The summed E-state index contributed by atoms with van der Waals surface area (Å²) in [5.41, 5.74) is 2.91. The first-order chi connectivity index (χ1) is 12.1. The van der Waals surface area contributed by atoms with Crippen LogP contribution in [-0.2, 0) is 24.2 Å². The predicted octanol–water partition coefficient (Wildman–Crippen LogP) is 1.01. The second kappa shape index (κ2) is 9.69. The van der Waals surface area contributed by atoms with E-state index in [1.54, 1.807) is 7.11 Å². The molecule has 1 saturated heterocycles. The number of aromatic nitrogens is 2. The van der Waals surface area contributed by atoms with E-state index in [1.165, 1.54) is 5.69 Å². The number of halogens is 1. The van der Waals surface area contributed by atoms with Crippen LogP contribution in [0, 0.1) is 5.92 Å². The second-order valence-corrected chi connectivity index (χ2v) is 7.40. The highest BCUT2D eigenvalue weighted by atomic mass is 35.5. The Morgan fingerprint density at radius 1 is 1.27 bits per heavy atom. The second-order valence-electron chi connectivity index (χ2n) is 7.40. The van der Waals surface area contributed by atoms with E-state index in [2.05, 4.69) is 29.2 Å². The lowest BCUT2D eigenvalue weighted by atomic mass is 10.1. The third-order valence-corrected chi connectivity index (χ3v) is 5.00. The molecule has 1 amide bonds. The van der Waals surface area contributed by atoms with Gasteiger partial charge in [0.2, 0.25) is 0 Å². The number of rotatable bonds is 6. The number of methoxy groups -OCH3 is 1. The van der Waals surface area contributed by atoms with Crippen molar-refractivity contribution in [3.63, 3.8) is 0 Å². The Kier molecular flexibility index (Phi) is 7.88. The first-order valence-electron chi connectivity index (χ1n) is 9.40. The van der Waals surface area contributed by atoms with Gasteiger partial charge >= 0.3 is 0 Å². The molecule has 0 radical (unpaired) electrons. The molecule has 148 valence electrons. The fourth-order valence-electron chi connectivity index (χ4n) is 3.75. The molecule has 0 unspecified atom stereocenters. The van der Waals surface area contributed by atoms with E-state index in [4.69, 9.17) is 4.74 Å². The molecule has 0 atom stereocenters. The van der Waals surface area contributed by atoms with Crippen LogP contribution in [0.15, 0.2) is 0 Å². The minimum absolute atomic E-state index is 0. The normalized spacial score (nSPS) is 17.9. The van der Waals surface area contributed by atoms with E-state index in [0.717, 1.165) is 57.8 Å². The largest absolute Gasteiger partial charge is 0.383 e. The average Bonchev–Trinajstić information content (AvgIpc) is 2.98. The Morgan fingerprint density at radius 2 is 2.00 bits per heavy atom. The molecule has 0 aliphatic carbocycles. The van der Waals surface area contributed by atoms with Gasteiger partial charge in [0.25, 0.3) is 5.91 Å². The molecule has 8 heteroatoms. The number of nitrogens with zero attached hydrogens (tertiary/aromatic N) is 4. The quantitative estimate of drug-likeness (QED) is 0.791. The van der Waals surface area contributed by atoms with Crippen molar-refractivity contribution in [2.45, 2.75) is 33.4 Å². The van der Waals surface area contributed by atoms with Crippen LogP contribution in [0.3, 0.4) is 0 Å². The Hall–Kier alpha value is -1.15. The van der Waals surface area contributed by atoms with E-state index in [-0.39, 0.29) is 18.3 Å². The summed E-state index contributed by atoms with van der Waals surface area (Å²) in [5, 5.41) is 8.04. The predicted molar refractivity (Wildman–Crippen MR) is 104 cm³/mol. The van der Waals surface area contributed by atoms with Crippen LogP contribution in [0.2, 0.25) is 0 Å². The number of ether oxygens (including phenoxy) is 1. The Balaban J connectivity index is 0.00000243. The zero-order valence-electron chi connectivity index (χ0n) is 16.2. The molecule has 1 fully saturated rings. The molecular weight excluding hydrogens is 354 g/mol. The van der Waals surface area contributed by atoms with Crippen molar-refractivity contribution in [1.29, 1.82) is 0 Å². The number of hydrogen-bond acceptors (Lipinski definition) is 5. The number of amides is 1. The first-order valence-corrected chi connectivity index (χ1v) is 9.40. The zero-order chi connectivity index (χ0) is 17.8. The van der Waals surface area contributed by atoms with Gasteiger partial charge in [-0.2, -0.15) is 5.10 Å². The maximum Gasteiger partial charge on any atom is 0.274 e. The van der Waals surface area contributed by atoms with E-state index in [1.807, 2.05) is 9.58 Å². The highest BCUT2D eigenvalue weighted by molar-refractivity contribution is 5.94. The van der Waals surface area contributed by atoms with Gasteiger partial charge < -0.3 is 15.0 Å². The Morgan fingerprint density at radius 3 is 2.65 bits per heavy atom. The highest BCUT2D eigenvalue weighted by Gasteiger charge is 2.29. The van der Waals surface area contributed by atoms with Crippen molar-refractivity contribution < 1.29 is 9.53 Å². The van der Waals surface area contributed by atoms with Crippen LogP contribution in [0.4, 0.5) is 0 Å². The van der Waals surface area contributed by atoms with E-state index >= 15 is 0 Å². The number of piperazine rings is 1. The van der Waals surface area contributed by atoms with Gasteiger partial charge in [0, 0.05) is 70.6 Å². The van der Waals surface area contributed by atoms with Gasteiger partial charge in [0.15, 0.2) is 5.69 Å². The molecule has 0 spiro atoms. The lowest BCUT2D eigenvalue weighted by molar-refractivity contribution is 0.0615. The molecule has 7 nitrogen and oxygen atoms in total. The van der Waals surface area contributed by atoms with Gasteiger partial charge in [0.05, 0.1) is 13.2 Å². The highest BCUT2D eigenvalue weighted by Crippen LogP contribution is 2.21. The van der Waals surface area contributed by atoms with Crippen LogP contribution in [0.1, 0.15) is 35.6 Å². The maximum atomic E-state index is 13.1. The van der Waals surface area contributed by atoms with Gasteiger partial charge in [-0.15, -0.1) is 12.4 Å². The summed E-state index contributed by atoms with van der Waals surface area (Å²) in [7, 11) is 1.69. The lowest BCUT2D eigenvalue weighted by Crippen LogP contribution is -2.49. The SMILES string of the molecule is COCCn1nc(C(=O)N2CCN(CC(C)C)CC2)c2c1CCNC2.Cl. The molecule has 3 heterocycles. The van der Waals surface area contributed by atoms with Crippen LogP contribution < -0.4 is 5.32 Å². The van der Waals surface area contributed by atoms with Crippen molar-refractivity contribution in [3.05, 3.63) is 17.0 Å². The summed E-state index contributed by atoms with van der Waals surface area (Å²) in [6.07, 6.45) is 0.918. The van der Waals surface area contributed by atoms with Crippen LogP contribution in [0.5, 0.6) is 0 Å². The van der Waals surface area contributed by atoms with Gasteiger partial charge in [-0.3, -0.25) is 14.4 Å². The topological polar surface area (TPSA) is 62.6 Å². The van der Waals surface area contributed by atoms with Gasteiger partial charge in [-0.05, 0) is 5.92 Å². The summed E-state index contributed by atoms with van der Waals surface area (Å²) >= 11 is 0. The molecule has 3 rings (SSSR count). The molecule has 2 aliphatic rings. The molecule has 1 N–H and O–H groups in total. The number of hydrogen-bond donors (Lipinski definition) is 1. The standard InChI is InChI=1S/C18H31N5O2.ClH/c1-14(2)13-21-6-8-22(9-7-21)18(24)17-15-12-19-5-4-16(15)23(20-17)10-11-25-3;/h14,19H,4-13H2,1-3H3;1H. The molecule has 0 saturated carbocycles. The molecule has 1 aromatic heterocycles. The Labute approximate surface area is 162 Å². The molecule has 0 aromatic carbocycles. The van der Waals surface area contributed by atoms with Crippen molar-refractivity contribution >= 4 is 18.3 Å². The number of carbonyl (C=O) groups excluding carboxylic acids is 1. The lowest BCUT2D eigenvalue weighted by Gasteiger charge is -2.35. The first kappa shape index (κ1) is 21.2. The van der Waals surface area contributed by atoms with Crippen LogP contribution >= 0.6 is 12.4 Å². The summed E-state index contributed by atoms with van der Waals surface area (Å²) in [6, 6.07) is 0. The van der Waals surface area contributed by atoms with Gasteiger partial charge in [-0.1, -0.05) is 13.8 Å². The fraction of sp³-hybridized carbons (Fsp3) is 0.778. The third kappa shape index (κ3) is 4.76. The van der Waals surface area contributed by atoms with Crippen LogP contribution in [0.25, 0.3) is 0 Å². The minimum Gasteiger partial charge on any atom is -0.383 e. The van der Waals surface area contributed by atoms with Gasteiger partial charge in [-0.25, -0.2) is 0 Å². The van der Waals surface area contributed by atoms with Crippen molar-refractivity contribution in [3.8, 4) is 0 Å². The summed E-state index contributed by atoms with van der Waals surface area (Å²) in [5.74, 6) is 0.747. The molecule has 0 bridgehead atoms. The van der Waals surface area contributed by atoms with E-state index < -0.39 is 0 Å². The fourth-order valence-corrected chi connectivity index (χ4v) is 3.75. The summed E-state index contributed by atoms with van der Waals surface area (Å²) in [6.45, 7) is 12.1. The summed E-state index contributed by atoms with van der Waals surface area (Å²) < 4.78 is 7.16. The number of carbonyl (C=O) groups is 1. The molecular formula is C18H32ClN5O2. The molecule has 26 heavy (non-hydrogen) atoms. The smallest absolute Gasteiger partial charge is 0.274 e. The summed E-state index contributed by atoms with van der Waals surface area (Å²) in [4.78, 5) is 17.5. The molecule has 1 aromatic rings. The minimum atomic E-state index is 0. The number of fused-ring (bicyclic) bond motifs is 1. The van der Waals surface area contributed by atoms with Crippen molar-refractivity contribution in [2.24, 2.45) is 5.92 Å². The van der Waals surface area contributed by atoms with Crippen LogP contribution in [-0.4, -0.2) is 78.5 Å². The van der Waals surface area contributed by atoms with Crippen molar-refractivity contribution in [2.75, 3.05) is 53.0 Å². The van der Waals surface area contributed by atoms with E-state index in [0.29, 0.717) is 24.8 Å². The number of nitrogens with one attached hydrogen (secondary N) is 1.